The Morgan fingerprint density at radius 2 is 1.97 bits per heavy atom. The second-order valence-electron chi connectivity index (χ2n) is 8.21. The van der Waals surface area contributed by atoms with Crippen LogP contribution in [0.5, 0.6) is 5.75 Å². The Bertz CT molecular complexity index is 1020. The lowest BCUT2D eigenvalue weighted by atomic mass is 10.1. The standard InChI is InChI=1S/C24H37N7O2/c1-4-6-10-26-15-18-8-9-19(21(14-18)33-3)16-31-17-20-22(29-31)23(28-24(25)27-20)30(12-13-32)11-7-5-2/h8-9,14,17,26,32H,4-7,10-13,15-16H2,1-3H3,(H2,25,27). The Balaban J connectivity index is 1.84. The van der Waals surface area contributed by atoms with Crippen LogP contribution in [-0.4, -0.2) is 58.2 Å². The fourth-order valence-corrected chi connectivity index (χ4v) is 3.80. The van der Waals surface area contributed by atoms with Crippen molar-refractivity contribution in [2.24, 2.45) is 0 Å². The van der Waals surface area contributed by atoms with Crippen molar-refractivity contribution in [3.05, 3.63) is 35.5 Å². The molecule has 9 nitrogen and oxygen atoms in total. The normalized spacial score (nSPS) is 11.3. The van der Waals surface area contributed by atoms with Gasteiger partial charge in [0, 0.05) is 25.2 Å². The van der Waals surface area contributed by atoms with Gasteiger partial charge in [0.05, 0.1) is 26.5 Å². The minimum atomic E-state index is 0.0344. The number of hydrogen-bond donors (Lipinski definition) is 3. The molecular formula is C24H37N7O2. The van der Waals surface area contributed by atoms with Gasteiger partial charge in [-0.1, -0.05) is 38.8 Å². The molecule has 180 valence electrons. The van der Waals surface area contributed by atoms with Gasteiger partial charge in [-0.15, -0.1) is 0 Å². The number of nitrogens with one attached hydrogen (secondary N) is 1. The Labute approximate surface area is 196 Å². The average molecular weight is 456 g/mol. The van der Waals surface area contributed by atoms with Crippen molar-refractivity contribution >= 4 is 22.8 Å². The highest BCUT2D eigenvalue weighted by molar-refractivity contribution is 5.86. The first-order valence-electron chi connectivity index (χ1n) is 11.8. The van der Waals surface area contributed by atoms with Gasteiger partial charge < -0.3 is 25.8 Å². The quantitative estimate of drug-likeness (QED) is 0.318. The maximum absolute atomic E-state index is 9.54. The van der Waals surface area contributed by atoms with E-state index in [-0.39, 0.29) is 12.6 Å². The first-order chi connectivity index (χ1) is 16.1. The van der Waals surface area contributed by atoms with E-state index in [1.165, 1.54) is 18.4 Å². The predicted octanol–water partition coefficient (Wildman–Crippen LogP) is 2.95. The number of anilines is 2. The molecule has 0 aliphatic carbocycles. The van der Waals surface area contributed by atoms with Crippen molar-refractivity contribution in [1.29, 1.82) is 0 Å². The summed E-state index contributed by atoms with van der Waals surface area (Å²) in [6.07, 6.45) is 6.27. The van der Waals surface area contributed by atoms with Gasteiger partial charge in [-0.25, -0.2) is 4.98 Å². The number of rotatable bonds is 14. The lowest BCUT2D eigenvalue weighted by molar-refractivity contribution is 0.301. The van der Waals surface area contributed by atoms with Gasteiger partial charge in [0.1, 0.15) is 11.3 Å². The molecule has 1 aromatic carbocycles. The largest absolute Gasteiger partial charge is 0.496 e. The predicted molar refractivity (Wildman–Crippen MR) is 133 cm³/mol. The molecule has 3 rings (SSSR count). The minimum Gasteiger partial charge on any atom is -0.496 e. The van der Waals surface area contributed by atoms with E-state index in [0.717, 1.165) is 43.8 Å². The van der Waals surface area contributed by atoms with Crippen LogP contribution in [0, 0.1) is 0 Å². The number of aliphatic hydroxyl groups excluding tert-OH is 1. The molecule has 0 fully saturated rings. The molecular weight excluding hydrogens is 418 g/mol. The van der Waals surface area contributed by atoms with Crippen molar-refractivity contribution in [2.75, 3.05) is 44.0 Å². The maximum Gasteiger partial charge on any atom is 0.222 e. The number of ether oxygens (including phenoxy) is 1. The van der Waals surface area contributed by atoms with E-state index in [1.54, 1.807) is 7.11 Å². The molecule has 0 atom stereocenters. The molecule has 0 aliphatic heterocycles. The van der Waals surface area contributed by atoms with Crippen molar-refractivity contribution in [3.63, 3.8) is 0 Å². The average Bonchev–Trinajstić information content (AvgIpc) is 3.21. The summed E-state index contributed by atoms with van der Waals surface area (Å²) in [5.41, 5.74) is 9.59. The Kier molecular flexibility index (Phi) is 9.26. The molecule has 3 aromatic rings. The van der Waals surface area contributed by atoms with Gasteiger partial charge in [0.25, 0.3) is 0 Å². The summed E-state index contributed by atoms with van der Waals surface area (Å²) in [5.74, 6) is 1.70. The van der Waals surface area contributed by atoms with Crippen LogP contribution in [0.15, 0.2) is 24.4 Å². The van der Waals surface area contributed by atoms with Gasteiger partial charge in [0.15, 0.2) is 11.3 Å². The number of methoxy groups -OCH3 is 1. The summed E-state index contributed by atoms with van der Waals surface area (Å²) in [4.78, 5) is 10.9. The monoisotopic (exact) mass is 455 g/mol. The van der Waals surface area contributed by atoms with Crippen molar-refractivity contribution in [2.45, 2.75) is 52.6 Å². The number of hydrogen-bond acceptors (Lipinski definition) is 8. The smallest absolute Gasteiger partial charge is 0.222 e. The highest BCUT2D eigenvalue weighted by atomic mass is 16.5. The van der Waals surface area contributed by atoms with Gasteiger partial charge in [-0.05, 0) is 31.0 Å². The van der Waals surface area contributed by atoms with Crippen LogP contribution in [0.3, 0.4) is 0 Å². The van der Waals surface area contributed by atoms with Gasteiger partial charge in [-0.3, -0.25) is 4.68 Å². The summed E-state index contributed by atoms with van der Waals surface area (Å²) in [7, 11) is 1.69. The molecule has 2 aromatic heterocycles. The molecule has 0 spiro atoms. The highest BCUT2D eigenvalue weighted by Gasteiger charge is 2.17. The first kappa shape index (κ1) is 24.7. The molecule has 0 aliphatic rings. The topological polar surface area (TPSA) is 114 Å². The third-order valence-electron chi connectivity index (χ3n) is 5.58. The van der Waals surface area contributed by atoms with Crippen LogP contribution in [0.2, 0.25) is 0 Å². The highest BCUT2D eigenvalue weighted by Crippen LogP contribution is 2.26. The van der Waals surface area contributed by atoms with E-state index < -0.39 is 0 Å². The summed E-state index contributed by atoms with van der Waals surface area (Å²) in [6.45, 7) is 7.98. The van der Waals surface area contributed by atoms with Crippen molar-refractivity contribution in [3.8, 4) is 5.75 Å². The fourth-order valence-electron chi connectivity index (χ4n) is 3.80. The molecule has 0 saturated carbocycles. The summed E-state index contributed by atoms with van der Waals surface area (Å²) in [5, 5.41) is 17.8. The summed E-state index contributed by atoms with van der Waals surface area (Å²) >= 11 is 0. The lowest BCUT2D eigenvalue weighted by Crippen LogP contribution is -2.29. The fraction of sp³-hybridized carbons (Fsp3) is 0.542. The first-order valence-corrected chi connectivity index (χ1v) is 11.8. The Morgan fingerprint density at radius 3 is 2.70 bits per heavy atom. The Hall–Kier alpha value is -2.91. The maximum atomic E-state index is 9.54. The molecule has 0 saturated heterocycles. The van der Waals surface area contributed by atoms with Crippen molar-refractivity contribution in [1.82, 2.24) is 25.1 Å². The van der Waals surface area contributed by atoms with Crippen LogP contribution < -0.4 is 20.7 Å². The molecule has 2 heterocycles. The van der Waals surface area contributed by atoms with E-state index in [1.807, 2.05) is 15.8 Å². The number of fused-ring (bicyclic) bond motifs is 1. The minimum absolute atomic E-state index is 0.0344. The van der Waals surface area contributed by atoms with E-state index in [2.05, 4.69) is 47.3 Å². The van der Waals surface area contributed by atoms with E-state index in [9.17, 15) is 5.11 Å². The zero-order valence-electron chi connectivity index (χ0n) is 20.0. The zero-order valence-corrected chi connectivity index (χ0v) is 20.0. The molecule has 0 radical (unpaired) electrons. The third kappa shape index (κ3) is 6.55. The number of nitrogen functional groups attached to an aromatic ring is 1. The zero-order chi connectivity index (χ0) is 23.6. The number of benzene rings is 1. The van der Waals surface area contributed by atoms with Gasteiger partial charge >= 0.3 is 0 Å². The molecule has 0 amide bonds. The van der Waals surface area contributed by atoms with Crippen LogP contribution in [0.1, 0.15) is 50.7 Å². The van der Waals surface area contributed by atoms with E-state index in [0.29, 0.717) is 29.9 Å². The van der Waals surface area contributed by atoms with Crippen molar-refractivity contribution < 1.29 is 9.84 Å². The number of unbranched alkanes of at least 4 members (excludes halogenated alkanes) is 2. The second kappa shape index (κ2) is 12.4. The number of nitrogens with zero attached hydrogens (tertiary/aromatic N) is 5. The van der Waals surface area contributed by atoms with E-state index >= 15 is 0 Å². The van der Waals surface area contributed by atoms with Gasteiger partial charge in [-0.2, -0.15) is 10.1 Å². The SMILES string of the molecule is CCCCNCc1ccc(Cn2cc3nc(N)nc(N(CCO)CCCC)c3n2)c(OC)c1. The third-order valence-corrected chi connectivity index (χ3v) is 5.58. The number of aromatic nitrogens is 4. The van der Waals surface area contributed by atoms with Crippen LogP contribution in [0.4, 0.5) is 11.8 Å². The van der Waals surface area contributed by atoms with Gasteiger partial charge in [0.2, 0.25) is 5.95 Å². The van der Waals surface area contributed by atoms with E-state index in [4.69, 9.17) is 15.6 Å². The molecule has 0 unspecified atom stereocenters. The molecule has 33 heavy (non-hydrogen) atoms. The Morgan fingerprint density at radius 1 is 1.15 bits per heavy atom. The van der Waals surface area contributed by atoms with Crippen LogP contribution in [0.25, 0.3) is 11.0 Å². The number of nitrogens with two attached hydrogens (primary N) is 1. The lowest BCUT2D eigenvalue weighted by Gasteiger charge is -2.22. The second-order valence-corrected chi connectivity index (χ2v) is 8.21. The summed E-state index contributed by atoms with van der Waals surface area (Å²) < 4.78 is 7.51. The van der Waals surface area contributed by atoms with Crippen LogP contribution in [-0.2, 0) is 13.1 Å². The summed E-state index contributed by atoms with van der Waals surface area (Å²) in [6, 6.07) is 6.29. The number of aliphatic hydroxyl groups is 1. The van der Waals surface area contributed by atoms with Crippen LogP contribution >= 0.6 is 0 Å². The molecule has 4 N–H and O–H groups in total. The molecule has 9 heteroatoms. The molecule has 0 bridgehead atoms.